The first kappa shape index (κ1) is 20.5. The van der Waals surface area contributed by atoms with Gasteiger partial charge in [0.05, 0.1) is 0 Å². The van der Waals surface area contributed by atoms with Gasteiger partial charge in [-0.05, 0) is 57.9 Å². The molecule has 0 amide bonds. The van der Waals surface area contributed by atoms with Crippen molar-refractivity contribution in [1.82, 2.24) is 19.4 Å². The normalized spacial score (nSPS) is 17.8. The minimum absolute atomic E-state index is 0.0122. The van der Waals surface area contributed by atoms with Gasteiger partial charge in [0.2, 0.25) is 10.0 Å². The van der Waals surface area contributed by atoms with E-state index < -0.39 is 10.0 Å². The topological polar surface area (TPSA) is 101 Å². The summed E-state index contributed by atoms with van der Waals surface area (Å²) in [6, 6.07) is 9.62. The predicted octanol–water partition coefficient (Wildman–Crippen LogP) is 3.70. The molecule has 3 aromatic heterocycles. The largest absolute Gasteiger partial charge is 0.360 e. The zero-order valence-electron chi connectivity index (χ0n) is 17.3. The van der Waals surface area contributed by atoms with E-state index in [1.54, 1.807) is 20.0 Å². The maximum Gasteiger partial charge on any atom is 0.248 e. The maximum absolute atomic E-state index is 13.2. The molecule has 9 heteroatoms. The molecule has 1 fully saturated rings. The van der Waals surface area contributed by atoms with Crippen molar-refractivity contribution >= 4 is 21.5 Å². The van der Waals surface area contributed by atoms with Gasteiger partial charge in [0.15, 0.2) is 5.76 Å². The number of anilines is 2. The van der Waals surface area contributed by atoms with Gasteiger partial charge in [-0.15, -0.1) is 0 Å². The fourth-order valence-electron chi connectivity index (χ4n) is 3.93. The standard InChI is InChI=1S/C21H25N5O3S/c1-14-11-18(24-20-8-4-5-9-22-20)12-19(23-14)17-7-6-10-26(13-17)30(27,28)21-15(2)25-29-16(21)3/h4-5,8-9,11-12,17H,6-7,10,13H2,1-3H3,(H,22,23,24). The van der Waals surface area contributed by atoms with Gasteiger partial charge in [0.25, 0.3) is 0 Å². The van der Waals surface area contributed by atoms with Crippen LogP contribution in [0.4, 0.5) is 11.5 Å². The Bertz CT molecular complexity index is 1130. The molecule has 158 valence electrons. The molecule has 1 atom stereocenters. The van der Waals surface area contributed by atoms with Gasteiger partial charge in [-0.1, -0.05) is 11.2 Å². The number of hydrogen-bond donors (Lipinski definition) is 1. The van der Waals surface area contributed by atoms with E-state index in [0.717, 1.165) is 35.7 Å². The Labute approximate surface area is 176 Å². The summed E-state index contributed by atoms with van der Waals surface area (Å²) in [5, 5.41) is 7.11. The van der Waals surface area contributed by atoms with Gasteiger partial charge in [0.1, 0.15) is 16.4 Å². The van der Waals surface area contributed by atoms with Crippen molar-refractivity contribution in [1.29, 1.82) is 0 Å². The van der Waals surface area contributed by atoms with E-state index >= 15 is 0 Å². The molecule has 4 heterocycles. The number of nitrogens with zero attached hydrogens (tertiary/aromatic N) is 4. The molecule has 1 aliphatic heterocycles. The summed E-state index contributed by atoms with van der Waals surface area (Å²) in [6.45, 7) is 6.09. The van der Waals surface area contributed by atoms with Crippen molar-refractivity contribution in [3.05, 3.63) is 59.4 Å². The SMILES string of the molecule is Cc1cc(Nc2ccccn2)cc(C2CCCN(S(=O)(=O)c3c(C)noc3C)C2)n1. The molecule has 4 rings (SSSR count). The first-order chi connectivity index (χ1) is 14.3. The fraction of sp³-hybridized carbons (Fsp3) is 0.381. The number of hydrogen-bond acceptors (Lipinski definition) is 7. The lowest BCUT2D eigenvalue weighted by Crippen LogP contribution is -2.39. The van der Waals surface area contributed by atoms with Gasteiger partial charge in [-0.2, -0.15) is 4.31 Å². The highest BCUT2D eigenvalue weighted by molar-refractivity contribution is 7.89. The van der Waals surface area contributed by atoms with Crippen LogP contribution in [-0.4, -0.2) is 40.9 Å². The number of sulfonamides is 1. The average Bonchev–Trinajstić information content (AvgIpc) is 3.07. The number of pyridine rings is 2. The smallest absolute Gasteiger partial charge is 0.248 e. The number of aromatic nitrogens is 3. The maximum atomic E-state index is 13.2. The van der Waals surface area contributed by atoms with E-state index in [1.165, 1.54) is 4.31 Å². The molecule has 0 spiro atoms. The van der Waals surface area contributed by atoms with Crippen LogP contribution >= 0.6 is 0 Å². The van der Waals surface area contributed by atoms with Crippen molar-refractivity contribution in [3.63, 3.8) is 0 Å². The van der Waals surface area contributed by atoms with E-state index in [4.69, 9.17) is 9.51 Å². The van der Waals surface area contributed by atoms with Crippen molar-refractivity contribution in [3.8, 4) is 0 Å². The number of nitrogens with one attached hydrogen (secondary N) is 1. The molecule has 30 heavy (non-hydrogen) atoms. The van der Waals surface area contributed by atoms with Crippen LogP contribution in [0.15, 0.2) is 45.9 Å². The van der Waals surface area contributed by atoms with Crippen LogP contribution < -0.4 is 5.32 Å². The highest BCUT2D eigenvalue weighted by atomic mass is 32.2. The molecule has 3 aromatic rings. The van der Waals surface area contributed by atoms with Gasteiger partial charge >= 0.3 is 0 Å². The van der Waals surface area contributed by atoms with E-state index in [-0.39, 0.29) is 10.8 Å². The first-order valence-electron chi connectivity index (χ1n) is 9.94. The average molecular weight is 428 g/mol. The quantitative estimate of drug-likeness (QED) is 0.662. The van der Waals surface area contributed by atoms with Crippen LogP contribution in [0, 0.1) is 20.8 Å². The van der Waals surface area contributed by atoms with Crippen LogP contribution in [0.5, 0.6) is 0 Å². The number of aryl methyl sites for hydroxylation is 3. The van der Waals surface area contributed by atoms with Gasteiger partial charge in [0, 0.05) is 42.3 Å². The Kier molecular flexibility index (Phi) is 5.57. The van der Waals surface area contributed by atoms with Crippen molar-refractivity contribution in [2.75, 3.05) is 18.4 Å². The molecule has 0 saturated carbocycles. The Morgan fingerprint density at radius 1 is 1.20 bits per heavy atom. The summed E-state index contributed by atoms with van der Waals surface area (Å²) in [5.41, 5.74) is 3.04. The zero-order chi connectivity index (χ0) is 21.3. The van der Waals surface area contributed by atoms with Gasteiger partial charge in [-0.25, -0.2) is 13.4 Å². The molecule has 0 aliphatic carbocycles. The molecule has 1 unspecified atom stereocenters. The molecule has 1 saturated heterocycles. The molecule has 1 aliphatic rings. The summed E-state index contributed by atoms with van der Waals surface area (Å²) in [5.74, 6) is 1.09. The third-order valence-electron chi connectivity index (χ3n) is 5.28. The van der Waals surface area contributed by atoms with E-state index in [1.807, 2.05) is 37.3 Å². The highest BCUT2D eigenvalue weighted by Gasteiger charge is 2.35. The van der Waals surface area contributed by atoms with Crippen LogP contribution in [0.2, 0.25) is 0 Å². The fourth-order valence-corrected chi connectivity index (χ4v) is 5.75. The lowest BCUT2D eigenvalue weighted by Gasteiger charge is -2.31. The minimum atomic E-state index is -3.67. The van der Waals surface area contributed by atoms with Crippen molar-refractivity contribution in [2.45, 2.75) is 44.4 Å². The summed E-state index contributed by atoms with van der Waals surface area (Å²) in [7, 11) is -3.67. The van der Waals surface area contributed by atoms with E-state index in [2.05, 4.69) is 15.5 Å². The lowest BCUT2D eigenvalue weighted by atomic mass is 9.95. The van der Waals surface area contributed by atoms with Gasteiger partial charge < -0.3 is 9.84 Å². The molecule has 0 aromatic carbocycles. The number of piperidine rings is 1. The second kappa shape index (κ2) is 8.16. The molecule has 8 nitrogen and oxygen atoms in total. The third kappa shape index (κ3) is 4.08. The van der Waals surface area contributed by atoms with Crippen molar-refractivity contribution in [2.24, 2.45) is 0 Å². The summed E-state index contributed by atoms with van der Waals surface area (Å²) >= 11 is 0. The number of rotatable bonds is 5. The monoisotopic (exact) mass is 427 g/mol. The van der Waals surface area contributed by atoms with E-state index in [0.29, 0.717) is 24.5 Å². The summed E-state index contributed by atoms with van der Waals surface area (Å²) < 4.78 is 33.1. The molecular weight excluding hydrogens is 402 g/mol. The molecular formula is C21H25N5O3S. The molecule has 0 bridgehead atoms. The minimum Gasteiger partial charge on any atom is -0.360 e. The Hall–Kier alpha value is -2.78. The molecule has 0 radical (unpaired) electrons. The Balaban J connectivity index is 1.59. The van der Waals surface area contributed by atoms with E-state index in [9.17, 15) is 8.42 Å². The first-order valence-corrected chi connectivity index (χ1v) is 11.4. The third-order valence-corrected chi connectivity index (χ3v) is 7.39. The predicted molar refractivity (Wildman–Crippen MR) is 113 cm³/mol. The Morgan fingerprint density at radius 3 is 2.73 bits per heavy atom. The van der Waals surface area contributed by atoms with Crippen LogP contribution in [-0.2, 0) is 10.0 Å². The van der Waals surface area contributed by atoms with Crippen LogP contribution in [0.25, 0.3) is 0 Å². The molecule has 1 N–H and O–H groups in total. The lowest BCUT2D eigenvalue weighted by molar-refractivity contribution is 0.312. The van der Waals surface area contributed by atoms with Crippen LogP contribution in [0.3, 0.4) is 0 Å². The summed E-state index contributed by atoms with van der Waals surface area (Å²) in [4.78, 5) is 9.18. The second-order valence-electron chi connectivity index (χ2n) is 7.62. The zero-order valence-corrected chi connectivity index (χ0v) is 18.1. The van der Waals surface area contributed by atoms with Crippen molar-refractivity contribution < 1.29 is 12.9 Å². The second-order valence-corrected chi connectivity index (χ2v) is 9.49. The Morgan fingerprint density at radius 2 is 2.03 bits per heavy atom. The van der Waals surface area contributed by atoms with Crippen LogP contribution in [0.1, 0.15) is 41.6 Å². The van der Waals surface area contributed by atoms with Gasteiger partial charge in [-0.3, -0.25) is 4.98 Å². The summed E-state index contributed by atoms with van der Waals surface area (Å²) in [6.07, 6.45) is 3.38. The highest BCUT2D eigenvalue weighted by Crippen LogP contribution is 2.32.